The van der Waals surface area contributed by atoms with Crippen LogP contribution in [0.25, 0.3) is 0 Å². The van der Waals surface area contributed by atoms with E-state index in [1.165, 1.54) is 6.07 Å². The smallest absolute Gasteiger partial charge is 0.133 e. The first-order valence-electron chi connectivity index (χ1n) is 6.57. The molecule has 0 bridgehead atoms. The number of hydrogen-bond donors (Lipinski definition) is 1. The first kappa shape index (κ1) is 12.2. The number of aromatic nitrogens is 2. The van der Waals surface area contributed by atoms with Gasteiger partial charge in [0.2, 0.25) is 0 Å². The van der Waals surface area contributed by atoms with Crippen molar-refractivity contribution in [2.45, 2.75) is 31.7 Å². The van der Waals surface area contributed by atoms with Gasteiger partial charge in [0.1, 0.15) is 11.6 Å². The highest BCUT2D eigenvalue weighted by molar-refractivity contribution is 5.26. The zero-order valence-electron chi connectivity index (χ0n) is 10.6. The van der Waals surface area contributed by atoms with Crippen molar-refractivity contribution >= 4 is 0 Å². The quantitative estimate of drug-likeness (QED) is 0.899. The second kappa shape index (κ2) is 5.05. The summed E-state index contributed by atoms with van der Waals surface area (Å²) in [7, 11) is 0. The molecule has 0 radical (unpaired) electrons. The summed E-state index contributed by atoms with van der Waals surface area (Å²) in [6, 6.07) is 6.79. The number of fused-ring (bicyclic) bond motifs is 1. The molecule has 1 aliphatic rings. The molecule has 2 N–H and O–H groups in total. The van der Waals surface area contributed by atoms with Gasteiger partial charge in [-0.05, 0) is 30.9 Å². The van der Waals surface area contributed by atoms with Crippen molar-refractivity contribution in [2.24, 2.45) is 5.73 Å². The maximum atomic E-state index is 13.6. The Morgan fingerprint density at radius 1 is 1.32 bits per heavy atom. The molecule has 1 aliphatic carbocycles. The van der Waals surface area contributed by atoms with Crippen LogP contribution in [0.1, 0.15) is 41.5 Å². The van der Waals surface area contributed by atoms with E-state index in [-0.39, 0.29) is 11.9 Å². The minimum Gasteiger partial charge on any atom is -0.324 e. The van der Waals surface area contributed by atoms with Crippen molar-refractivity contribution in [2.75, 3.05) is 0 Å². The molecule has 0 saturated heterocycles. The lowest BCUT2D eigenvalue weighted by Crippen LogP contribution is -2.19. The third-order valence-corrected chi connectivity index (χ3v) is 3.58. The molecule has 4 heteroatoms. The largest absolute Gasteiger partial charge is 0.324 e. The molecule has 1 aromatic heterocycles. The molecule has 2 aromatic rings. The van der Waals surface area contributed by atoms with Crippen molar-refractivity contribution in [3.05, 3.63) is 58.9 Å². The van der Waals surface area contributed by atoms with Gasteiger partial charge in [-0.25, -0.2) is 14.4 Å². The predicted octanol–water partition coefficient (Wildman–Crippen LogP) is 2.54. The molecule has 0 fully saturated rings. The molecule has 3 nitrogen and oxygen atoms in total. The second-order valence-electron chi connectivity index (χ2n) is 4.96. The first-order valence-corrected chi connectivity index (χ1v) is 6.57. The normalized spacial score (nSPS) is 18.1. The van der Waals surface area contributed by atoms with Crippen LogP contribution in [0.15, 0.2) is 30.5 Å². The summed E-state index contributed by atoms with van der Waals surface area (Å²) in [6.45, 7) is 0. The van der Waals surface area contributed by atoms with Gasteiger partial charge in [0.05, 0.1) is 0 Å². The van der Waals surface area contributed by atoms with E-state index in [2.05, 4.69) is 9.97 Å². The molecule has 3 rings (SSSR count). The van der Waals surface area contributed by atoms with Crippen LogP contribution in [0.3, 0.4) is 0 Å². The van der Waals surface area contributed by atoms with Gasteiger partial charge in [-0.3, -0.25) is 0 Å². The molecule has 0 spiro atoms. The van der Waals surface area contributed by atoms with Crippen LogP contribution in [0.2, 0.25) is 0 Å². The number of nitrogens with zero attached hydrogens (tertiary/aromatic N) is 2. The van der Waals surface area contributed by atoms with E-state index in [1.807, 2.05) is 12.3 Å². The minimum absolute atomic E-state index is 0.0475. The Hall–Kier alpha value is -1.81. The van der Waals surface area contributed by atoms with E-state index in [0.717, 1.165) is 30.5 Å². The average molecular weight is 257 g/mol. The summed E-state index contributed by atoms with van der Waals surface area (Å²) in [5.74, 6) is 0.457. The van der Waals surface area contributed by atoms with Gasteiger partial charge in [0.25, 0.3) is 0 Å². The van der Waals surface area contributed by atoms with E-state index in [9.17, 15) is 4.39 Å². The zero-order chi connectivity index (χ0) is 13.2. The van der Waals surface area contributed by atoms with Gasteiger partial charge in [-0.2, -0.15) is 0 Å². The number of rotatable bonds is 2. The van der Waals surface area contributed by atoms with Gasteiger partial charge >= 0.3 is 0 Å². The Morgan fingerprint density at radius 2 is 2.16 bits per heavy atom. The molecule has 98 valence electrons. The van der Waals surface area contributed by atoms with Gasteiger partial charge in [-0.15, -0.1) is 0 Å². The molecule has 0 saturated carbocycles. The van der Waals surface area contributed by atoms with Gasteiger partial charge in [-0.1, -0.05) is 18.2 Å². The summed E-state index contributed by atoms with van der Waals surface area (Å²) in [6.07, 6.45) is 5.22. The molecule has 1 heterocycles. The van der Waals surface area contributed by atoms with Crippen molar-refractivity contribution < 1.29 is 4.39 Å². The summed E-state index contributed by atoms with van der Waals surface area (Å²) < 4.78 is 13.6. The summed E-state index contributed by atoms with van der Waals surface area (Å²) in [4.78, 5) is 8.86. The third kappa shape index (κ3) is 2.49. The van der Waals surface area contributed by atoms with E-state index >= 15 is 0 Å². The fraction of sp³-hybridized carbons (Fsp3) is 0.333. The highest BCUT2D eigenvalue weighted by atomic mass is 19.1. The molecule has 1 aromatic carbocycles. The van der Waals surface area contributed by atoms with Crippen LogP contribution in [-0.2, 0) is 12.8 Å². The van der Waals surface area contributed by atoms with Crippen molar-refractivity contribution in [3.63, 3.8) is 0 Å². The van der Waals surface area contributed by atoms with Crippen LogP contribution in [0.5, 0.6) is 0 Å². The predicted molar refractivity (Wildman–Crippen MR) is 71.1 cm³/mol. The van der Waals surface area contributed by atoms with Crippen LogP contribution in [0, 0.1) is 5.82 Å². The fourth-order valence-electron chi connectivity index (χ4n) is 2.52. The van der Waals surface area contributed by atoms with Crippen molar-refractivity contribution in [3.8, 4) is 0 Å². The Bertz CT molecular complexity index is 598. The zero-order valence-corrected chi connectivity index (χ0v) is 10.6. The number of hydrogen-bond acceptors (Lipinski definition) is 3. The molecule has 0 amide bonds. The minimum atomic E-state index is -0.208. The molecule has 19 heavy (non-hydrogen) atoms. The number of halogens is 1. The van der Waals surface area contributed by atoms with Gasteiger partial charge in [0.15, 0.2) is 0 Å². The summed E-state index contributed by atoms with van der Waals surface area (Å²) in [5, 5.41) is 0. The van der Waals surface area contributed by atoms with Crippen LogP contribution >= 0.6 is 0 Å². The number of nitrogens with two attached hydrogens (primary N) is 1. The van der Waals surface area contributed by atoms with Crippen LogP contribution in [0.4, 0.5) is 4.39 Å². The van der Waals surface area contributed by atoms with E-state index in [0.29, 0.717) is 17.8 Å². The Labute approximate surface area is 111 Å². The number of benzene rings is 1. The third-order valence-electron chi connectivity index (χ3n) is 3.58. The second-order valence-corrected chi connectivity index (χ2v) is 4.96. The molecular formula is C15H16FN3. The Morgan fingerprint density at radius 3 is 3.00 bits per heavy atom. The molecule has 1 atom stereocenters. The van der Waals surface area contributed by atoms with E-state index in [1.54, 1.807) is 12.1 Å². The lowest BCUT2D eigenvalue weighted by atomic mass is 9.93. The fourth-order valence-corrected chi connectivity index (χ4v) is 2.52. The Kier molecular flexibility index (Phi) is 3.25. The topological polar surface area (TPSA) is 51.8 Å². The Balaban J connectivity index is 1.89. The SMILES string of the molecule is NC1CCCc2nc(Cc3ccccc3F)ncc21. The van der Waals surface area contributed by atoms with Gasteiger partial charge < -0.3 is 5.73 Å². The summed E-state index contributed by atoms with van der Waals surface area (Å²) in [5.41, 5.74) is 8.73. The number of aryl methyl sites for hydroxylation is 1. The molecule has 0 aliphatic heterocycles. The maximum absolute atomic E-state index is 13.6. The standard InChI is InChI=1S/C15H16FN3/c16-12-5-2-1-4-10(12)8-15-18-9-11-13(17)6-3-7-14(11)19-15/h1-2,4-5,9,13H,3,6-8,17H2. The lowest BCUT2D eigenvalue weighted by molar-refractivity contribution is 0.552. The first-order chi connectivity index (χ1) is 9.24. The van der Waals surface area contributed by atoms with Crippen LogP contribution < -0.4 is 5.73 Å². The highest BCUT2D eigenvalue weighted by Crippen LogP contribution is 2.26. The highest BCUT2D eigenvalue weighted by Gasteiger charge is 2.19. The van der Waals surface area contributed by atoms with E-state index in [4.69, 9.17) is 5.73 Å². The summed E-state index contributed by atoms with van der Waals surface area (Å²) >= 11 is 0. The average Bonchev–Trinajstić information content (AvgIpc) is 2.42. The lowest BCUT2D eigenvalue weighted by Gasteiger charge is -2.21. The van der Waals surface area contributed by atoms with Crippen LogP contribution in [-0.4, -0.2) is 9.97 Å². The monoisotopic (exact) mass is 257 g/mol. The molecular weight excluding hydrogens is 241 g/mol. The van der Waals surface area contributed by atoms with Gasteiger partial charge in [0, 0.05) is 29.9 Å². The van der Waals surface area contributed by atoms with E-state index < -0.39 is 0 Å². The van der Waals surface area contributed by atoms with Crippen molar-refractivity contribution in [1.29, 1.82) is 0 Å². The van der Waals surface area contributed by atoms with Crippen molar-refractivity contribution in [1.82, 2.24) is 9.97 Å². The maximum Gasteiger partial charge on any atom is 0.133 e. The molecule has 1 unspecified atom stereocenters.